The van der Waals surface area contributed by atoms with E-state index in [9.17, 15) is 9.18 Å². The summed E-state index contributed by atoms with van der Waals surface area (Å²) >= 11 is 0. The molecule has 0 unspecified atom stereocenters. The van der Waals surface area contributed by atoms with Gasteiger partial charge in [0.05, 0.1) is 5.56 Å². The molecular formula is C24H25FN2O2. The van der Waals surface area contributed by atoms with Crippen molar-refractivity contribution in [3.8, 4) is 11.3 Å². The van der Waals surface area contributed by atoms with Crippen LogP contribution in [0.25, 0.3) is 11.3 Å². The van der Waals surface area contributed by atoms with Crippen LogP contribution >= 0.6 is 0 Å². The fourth-order valence-corrected chi connectivity index (χ4v) is 3.79. The molecule has 1 saturated heterocycles. The van der Waals surface area contributed by atoms with Gasteiger partial charge in [-0.05, 0) is 36.2 Å². The molecule has 1 fully saturated rings. The van der Waals surface area contributed by atoms with Gasteiger partial charge in [-0.2, -0.15) is 0 Å². The predicted octanol–water partition coefficient (Wildman–Crippen LogP) is 4.41. The lowest BCUT2D eigenvalue weighted by atomic mass is 10.1. The average molecular weight is 392 g/mol. The summed E-state index contributed by atoms with van der Waals surface area (Å²) in [6.07, 6.45) is 1.83. The van der Waals surface area contributed by atoms with Crippen LogP contribution in [-0.2, 0) is 17.8 Å². The number of nitrogens with one attached hydrogen (secondary N) is 1. The zero-order valence-electron chi connectivity index (χ0n) is 16.3. The van der Waals surface area contributed by atoms with Gasteiger partial charge in [0, 0.05) is 38.5 Å². The van der Waals surface area contributed by atoms with E-state index in [1.165, 1.54) is 11.6 Å². The largest absolute Gasteiger partial charge is 0.461 e. The highest BCUT2D eigenvalue weighted by atomic mass is 19.1. The third kappa shape index (κ3) is 5.12. The Balaban J connectivity index is 1.23. The van der Waals surface area contributed by atoms with Crippen LogP contribution in [0.3, 0.4) is 0 Å². The number of furan rings is 1. The summed E-state index contributed by atoms with van der Waals surface area (Å²) in [4.78, 5) is 14.7. The van der Waals surface area contributed by atoms with Crippen molar-refractivity contribution in [3.63, 3.8) is 0 Å². The molecule has 4 nitrogen and oxygen atoms in total. The van der Waals surface area contributed by atoms with Gasteiger partial charge in [0.2, 0.25) is 5.91 Å². The molecule has 4 rings (SSSR count). The molecule has 2 heterocycles. The van der Waals surface area contributed by atoms with Gasteiger partial charge >= 0.3 is 0 Å². The summed E-state index contributed by atoms with van der Waals surface area (Å²) in [5, 5.41) is 3.13. The second kappa shape index (κ2) is 9.05. The fraction of sp³-hybridized carbons (Fsp3) is 0.292. The number of amides is 1. The number of likely N-dealkylation sites (tertiary alicyclic amines) is 1. The van der Waals surface area contributed by atoms with E-state index in [1.54, 1.807) is 24.3 Å². The molecule has 1 N–H and O–H groups in total. The minimum Gasteiger partial charge on any atom is -0.461 e. The first-order valence-corrected chi connectivity index (χ1v) is 10.1. The van der Waals surface area contributed by atoms with Gasteiger partial charge in [0.15, 0.2) is 0 Å². The lowest BCUT2D eigenvalue weighted by molar-refractivity contribution is -0.121. The summed E-state index contributed by atoms with van der Waals surface area (Å²) in [6.45, 7) is 2.78. The van der Waals surface area contributed by atoms with Crippen molar-refractivity contribution in [1.82, 2.24) is 10.2 Å². The van der Waals surface area contributed by atoms with E-state index in [1.807, 2.05) is 12.1 Å². The van der Waals surface area contributed by atoms with Gasteiger partial charge in [-0.1, -0.05) is 42.5 Å². The molecule has 3 aromatic rings. The first-order valence-electron chi connectivity index (χ1n) is 10.1. The van der Waals surface area contributed by atoms with Crippen molar-refractivity contribution in [2.75, 3.05) is 13.1 Å². The molecule has 1 aliphatic heterocycles. The molecule has 1 atom stereocenters. The highest BCUT2D eigenvalue weighted by Crippen LogP contribution is 2.25. The normalized spacial score (nSPS) is 16.8. The molecule has 0 saturated carbocycles. The molecule has 29 heavy (non-hydrogen) atoms. The Kier molecular flexibility index (Phi) is 6.06. The third-order valence-corrected chi connectivity index (χ3v) is 5.29. The molecule has 0 bridgehead atoms. The number of nitrogens with zero attached hydrogens (tertiary/aromatic N) is 1. The highest BCUT2D eigenvalue weighted by molar-refractivity contribution is 5.76. The molecule has 0 aliphatic carbocycles. The van der Waals surface area contributed by atoms with Gasteiger partial charge in [0.25, 0.3) is 0 Å². The van der Waals surface area contributed by atoms with E-state index in [-0.39, 0.29) is 17.8 Å². The molecule has 1 aromatic heterocycles. The number of carbonyl (C=O) groups excluding carboxylic acids is 1. The van der Waals surface area contributed by atoms with Gasteiger partial charge in [0.1, 0.15) is 17.3 Å². The number of hydrogen-bond donors (Lipinski definition) is 1. The smallest absolute Gasteiger partial charge is 0.220 e. The van der Waals surface area contributed by atoms with Crippen LogP contribution in [-0.4, -0.2) is 29.9 Å². The van der Waals surface area contributed by atoms with Crippen LogP contribution in [0.5, 0.6) is 0 Å². The molecule has 1 aliphatic rings. The number of benzene rings is 2. The first kappa shape index (κ1) is 19.4. The maximum atomic E-state index is 13.9. The predicted molar refractivity (Wildman–Crippen MR) is 111 cm³/mol. The molecule has 0 radical (unpaired) electrons. The van der Waals surface area contributed by atoms with Crippen molar-refractivity contribution >= 4 is 5.91 Å². The number of hydrogen-bond acceptors (Lipinski definition) is 3. The van der Waals surface area contributed by atoms with Crippen molar-refractivity contribution in [1.29, 1.82) is 0 Å². The second-order valence-electron chi connectivity index (χ2n) is 7.52. The first-order chi connectivity index (χ1) is 14.2. The minimum absolute atomic E-state index is 0.0282. The Morgan fingerprint density at radius 1 is 1.07 bits per heavy atom. The monoisotopic (exact) mass is 392 g/mol. The van der Waals surface area contributed by atoms with Crippen LogP contribution in [0.1, 0.15) is 24.2 Å². The Labute approximate surface area is 170 Å². The SMILES string of the molecule is O=C(CCc1ccc(-c2ccccc2F)o1)N[C@@H]1CCN(Cc2ccccc2)C1. The van der Waals surface area contributed by atoms with Crippen molar-refractivity contribution in [2.24, 2.45) is 0 Å². The molecule has 2 aromatic carbocycles. The van der Waals surface area contributed by atoms with Crippen LogP contribution in [0, 0.1) is 5.82 Å². The minimum atomic E-state index is -0.313. The maximum Gasteiger partial charge on any atom is 0.220 e. The maximum absolute atomic E-state index is 13.9. The summed E-state index contributed by atoms with van der Waals surface area (Å²) in [5.74, 6) is 0.897. The molecule has 1 amide bonds. The van der Waals surface area contributed by atoms with Crippen molar-refractivity contribution < 1.29 is 13.6 Å². The van der Waals surface area contributed by atoms with E-state index < -0.39 is 0 Å². The van der Waals surface area contributed by atoms with Gasteiger partial charge < -0.3 is 9.73 Å². The second-order valence-corrected chi connectivity index (χ2v) is 7.52. The van der Waals surface area contributed by atoms with Crippen LogP contribution < -0.4 is 5.32 Å². The lowest BCUT2D eigenvalue weighted by Gasteiger charge is -2.16. The van der Waals surface area contributed by atoms with E-state index in [0.717, 1.165) is 26.1 Å². The van der Waals surface area contributed by atoms with E-state index in [0.29, 0.717) is 29.9 Å². The van der Waals surface area contributed by atoms with E-state index in [2.05, 4.69) is 34.5 Å². The number of halogens is 1. The van der Waals surface area contributed by atoms with Crippen LogP contribution in [0.2, 0.25) is 0 Å². The summed E-state index contributed by atoms with van der Waals surface area (Å²) in [7, 11) is 0. The Hall–Kier alpha value is -2.92. The average Bonchev–Trinajstić information content (AvgIpc) is 3.37. The van der Waals surface area contributed by atoms with Crippen molar-refractivity contribution in [3.05, 3.63) is 83.9 Å². The fourth-order valence-electron chi connectivity index (χ4n) is 3.79. The molecule has 150 valence electrons. The van der Waals surface area contributed by atoms with E-state index >= 15 is 0 Å². The van der Waals surface area contributed by atoms with E-state index in [4.69, 9.17) is 4.42 Å². The number of carbonyl (C=O) groups is 1. The molecule has 0 spiro atoms. The quantitative estimate of drug-likeness (QED) is 0.648. The topological polar surface area (TPSA) is 45.5 Å². The summed E-state index contributed by atoms with van der Waals surface area (Å²) < 4.78 is 19.6. The van der Waals surface area contributed by atoms with Gasteiger partial charge in [-0.25, -0.2) is 4.39 Å². The molecule has 5 heteroatoms. The molecular weight excluding hydrogens is 367 g/mol. The van der Waals surface area contributed by atoms with Gasteiger partial charge in [-0.15, -0.1) is 0 Å². The Bertz CT molecular complexity index is 954. The Morgan fingerprint density at radius 3 is 2.69 bits per heavy atom. The summed E-state index contributed by atoms with van der Waals surface area (Å²) in [5.41, 5.74) is 1.73. The Morgan fingerprint density at radius 2 is 1.86 bits per heavy atom. The van der Waals surface area contributed by atoms with Crippen molar-refractivity contribution in [2.45, 2.75) is 31.8 Å². The number of aryl methyl sites for hydroxylation is 1. The zero-order chi connectivity index (χ0) is 20.1. The van der Waals surface area contributed by atoms with Crippen LogP contribution in [0.15, 0.2) is 71.1 Å². The summed E-state index contributed by atoms with van der Waals surface area (Å²) in [6, 6.07) is 20.7. The standard InChI is InChI=1S/C24H25FN2O2/c25-22-9-5-4-8-21(22)23-12-10-20(29-23)11-13-24(28)26-19-14-15-27(17-19)16-18-6-2-1-3-7-18/h1-10,12,19H,11,13-17H2,(H,26,28)/t19-/m1/s1. The van der Waals surface area contributed by atoms with Gasteiger partial charge in [-0.3, -0.25) is 9.69 Å². The highest BCUT2D eigenvalue weighted by Gasteiger charge is 2.23. The third-order valence-electron chi connectivity index (χ3n) is 5.29. The van der Waals surface area contributed by atoms with Crippen LogP contribution in [0.4, 0.5) is 4.39 Å². The number of rotatable bonds is 7. The zero-order valence-corrected chi connectivity index (χ0v) is 16.3. The lowest BCUT2D eigenvalue weighted by Crippen LogP contribution is -2.37.